The highest BCUT2D eigenvalue weighted by molar-refractivity contribution is 6.01. The maximum atomic E-state index is 16.0. The number of phenols is 1. The lowest BCUT2D eigenvalue weighted by Gasteiger charge is -2.25. The van der Waals surface area contributed by atoms with Crippen molar-refractivity contribution in [1.29, 1.82) is 0 Å². The predicted octanol–water partition coefficient (Wildman–Crippen LogP) is 3.60. The van der Waals surface area contributed by atoms with Gasteiger partial charge in [0.15, 0.2) is 5.82 Å². The lowest BCUT2D eigenvalue weighted by atomic mass is 9.94. The number of anilines is 1. The molecule has 0 spiro atoms. The number of aliphatic hydroxyl groups is 1. The Kier molecular flexibility index (Phi) is 5.53. The first-order valence-corrected chi connectivity index (χ1v) is 11.2. The third-order valence-electron chi connectivity index (χ3n) is 6.47. The SMILES string of the molecule is CCc1c(F)ccc2cc(O)cc(-c3ncc4c(N5C[C@@H](N)C[C@H]5CO)nc(C)nc4c3F)c12. The van der Waals surface area contributed by atoms with Crippen molar-refractivity contribution in [3.8, 4) is 17.0 Å². The highest BCUT2D eigenvalue weighted by atomic mass is 19.1. The summed E-state index contributed by atoms with van der Waals surface area (Å²) >= 11 is 0. The summed E-state index contributed by atoms with van der Waals surface area (Å²) in [4.78, 5) is 15.1. The van der Waals surface area contributed by atoms with E-state index in [2.05, 4.69) is 15.0 Å². The third-order valence-corrected chi connectivity index (χ3v) is 6.47. The van der Waals surface area contributed by atoms with E-state index in [0.29, 0.717) is 58.3 Å². The minimum Gasteiger partial charge on any atom is -0.508 e. The Labute approximate surface area is 194 Å². The molecule has 3 heterocycles. The molecule has 0 radical (unpaired) electrons. The molecule has 0 bridgehead atoms. The number of nitrogens with zero attached hydrogens (tertiary/aromatic N) is 4. The second-order valence-electron chi connectivity index (χ2n) is 8.73. The summed E-state index contributed by atoms with van der Waals surface area (Å²) in [6.45, 7) is 3.85. The van der Waals surface area contributed by atoms with Crippen LogP contribution in [0, 0.1) is 18.6 Å². The van der Waals surface area contributed by atoms with Gasteiger partial charge in [0.2, 0.25) is 0 Å². The maximum absolute atomic E-state index is 16.0. The normalized spacial score (nSPS) is 18.4. The molecular weight excluding hydrogens is 440 g/mol. The van der Waals surface area contributed by atoms with Crippen LogP contribution in [0.3, 0.4) is 0 Å². The number of rotatable bonds is 4. The van der Waals surface area contributed by atoms with E-state index in [1.807, 2.05) is 11.8 Å². The van der Waals surface area contributed by atoms with Crippen molar-refractivity contribution in [2.75, 3.05) is 18.1 Å². The monoisotopic (exact) mass is 465 g/mol. The number of aliphatic hydroxyl groups excluding tert-OH is 1. The fourth-order valence-corrected chi connectivity index (χ4v) is 4.98. The highest BCUT2D eigenvalue weighted by Crippen LogP contribution is 2.39. The van der Waals surface area contributed by atoms with Crippen molar-refractivity contribution in [3.05, 3.63) is 53.5 Å². The smallest absolute Gasteiger partial charge is 0.175 e. The van der Waals surface area contributed by atoms with Crippen LogP contribution in [0.4, 0.5) is 14.6 Å². The van der Waals surface area contributed by atoms with E-state index >= 15 is 4.39 Å². The van der Waals surface area contributed by atoms with Crippen LogP contribution in [0.5, 0.6) is 5.75 Å². The van der Waals surface area contributed by atoms with Gasteiger partial charge in [0.1, 0.15) is 34.4 Å². The van der Waals surface area contributed by atoms with Gasteiger partial charge in [-0.1, -0.05) is 13.0 Å². The number of hydrogen-bond acceptors (Lipinski definition) is 7. The number of benzene rings is 2. The summed E-state index contributed by atoms with van der Waals surface area (Å²) in [5, 5.41) is 21.6. The van der Waals surface area contributed by atoms with Crippen LogP contribution in [-0.4, -0.2) is 50.4 Å². The zero-order chi connectivity index (χ0) is 24.1. The number of fused-ring (bicyclic) bond motifs is 2. The molecular formula is C25H25F2N5O2. The quantitative estimate of drug-likeness (QED) is 0.423. The minimum absolute atomic E-state index is 0.0328. The van der Waals surface area contributed by atoms with E-state index in [9.17, 15) is 14.6 Å². The molecule has 0 saturated carbocycles. The van der Waals surface area contributed by atoms with Gasteiger partial charge in [-0.3, -0.25) is 4.98 Å². The average molecular weight is 466 g/mol. The van der Waals surface area contributed by atoms with Gasteiger partial charge in [-0.15, -0.1) is 0 Å². The minimum atomic E-state index is -0.688. The maximum Gasteiger partial charge on any atom is 0.175 e. The summed E-state index contributed by atoms with van der Waals surface area (Å²) < 4.78 is 30.6. The molecule has 5 rings (SSSR count). The number of aromatic hydroxyl groups is 1. The van der Waals surface area contributed by atoms with Crippen molar-refractivity contribution >= 4 is 27.5 Å². The number of pyridine rings is 1. The second kappa shape index (κ2) is 8.41. The Morgan fingerprint density at radius 2 is 2.00 bits per heavy atom. The Balaban J connectivity index is 1.78. The van der Waals surface area contributed by atoms with E-state index < -0.39 is 11.6 Å². The summed E-state index contributed by atoms with van der Waals surface area (Å²) in [5.74, 6) is -0.338. The van der Waals surface area contributed by atoms with Crippen molar-refractivity contribution in [1.82, 2.24) is 15.0 Å². The zero-order valence-corrected chi connectivity index (χ0v) is 18.9. The second-order valence-corrected chi connectivity index (χ2v) is 8.73. The van der Waals surface area contributed by atoms with E-state index in [0.717, 1.165) is 0 Å². The van der Waals surface area contributed by atoms with E-state index in [1.165, 1.54) is 24.4 Å². The molecule has 2 atom stereocenters. The largest absolute Gasteiger partial charge is 0.508 e. The molecule has 0 aliphatic carbocycles. The molecule has 0 amide bonds. The average Bonchev–Trinajstić information content (AvgIpc) is 3.19. The van der Waals surface area contributed by atoms with E-state index in [-0.39, 0.29) is 35.7 Å². The van der Waals surface area contributed by atoms with Gasteiger partial charge < -0.3 is 20.8 Å². The van der Waals surface area contributed by atoms with Crippen molar-refractivity contribution in [3.63, 3.8) is 0 Å². The molecule has 1 fully saturated rings. The first-order valence-electron chi connectivity index (χ1n) is 11.2. The molecule has 1 saturated heterocycles. The predicted molar refractivity (Wildman–Crippen MR) is 127 cm³/mol. The number of aromatic nitrogens is 3. The molecule has 2 aromatic carbocycles. The number of aryl methyl sites for hydroxylation is 2. The number of hydrogen-bond donors (Lipinski definition) is 3. The van der Waals surface area contributed by atoms with Gasteiger partial charge in [0, 0.05) is 24.3 Å². The Hall–Kier alpha value is -3.43. The van der Waals surface area contributed by atoms with Crippen LogP contribution in [0.25, 0.3) is 32.9 Å². The third kappa shape index (κ3) is 3.52. The summed E-state index contributed by atoms with van der Waals surface area (Å²) in [6.07, 6.45) is 2.47. The van der Waals surface area contributed by atoms with Crippen molar-refractivity contribution < 1.29 is 19.0 Å². The van der Waals surface area contributed by atoms with Gasteiger partial charge in [0.25, 0.3) is 0 Å². The molecule has 176 valence electrons. The number of nitrogens with two attached hydrogens (primary N) is 1. The van der Waals surface area contributed by atoms with Gasteiger partial charge in [-0.2, -0.15) is 0 Å². The van der Waals surface area contributed by atoms with Crippen molar-refractivity contribution in [2.45, 2.75) is 38.8 Å². The molecule has 9 heteroatoms. The molecule has 2 aromatic heterocycles. The fraction of sp³-hybridized carbons (Fsp3) is 0.320. The van der Waals surface area contributed by atoms with Crippen LogP contribution >= 0.6 is 0 Å². The fourth-order valence-electron chi connectivity index (χ4n) is 4.98. The van der Waals surface area contributed by atoms with Gasteiger partial charge in [0.05, 0.1) is 18.0 Å². The Morgan fingerprint density at radius 3 is 2.74 bits per heavy atom. The molecule has 0 unspecified atom stereocenters. The van der Waals surface area contributed by atoms with Crippen molar-refractivity contribution in [2.24, 2.45) is 5.73 Å². The number of halogens is 2. The van der Waals surface area contributed by atoms with Crippen LogP contribution in [0.1, 0.15) is 24.7 Å². The van der Waals surface area contributed by atoms with Crippen LogP contribution in [0.2, 0.25) is 0 Å². The molecule has 1 aliphatic rings. The Morgan fingerprint density at radius 1 is 1.21 bits per heavy atom. The summed E-state index contributed by atoms with van der Waals surface area (Å²) in [6, 6.07) is 5.44. The lowest BCUT2D eigenvalue weighted by molar-refractivity contribution is 0.265. The standard InChI is InChI=1S/C25H25F2N5O2/c1-3-17-20(26)5-4-13-6-16(34)8-18(21(13)17)23-22(27)24-19(9-29-23)25(31-12(2)30-24)32-10-14(28)7-15(32)11-33/h4-6,8-9,14-15,33-34H,3,7,10-11,28H2,1-2H3/t14-,15-/m0/s1. The van der Waals surface area contributed by atoms with Gasteiger partial charge in [-0.25, -0.2) is 18.7 Å². The van der Waals surface area contributed by atoms with Gasteiger partial charge >= 0.3 is 0 Å². The van der Waals surface area contributed by atoms with E-state index in [4.69, 9.17) is 5.73 Å². The summed E-state index contributed by atoms with van der Waals surface area (Å²) in [7, 11) is 0. The van der Waals surface area contributed by atoms with E-state index in [1.54, 1.807) is 13.0 Å². The molecule has 7 nitrogen and oxygen atoms in total. The first-order chi connectivity index (χ1) is 16.3. The van der Waals surface area contributed by atoms with Crippen LogP contribution in [-0.2, 0) is 6.42 Å². The molecule has 34 heavy (non-hydrogen) atoms. The van der Waals surface area contributed by atoms with Crippen LogP contribution in [0.15, 0.2) is 30.5 Å². The lowest BCUT2D eigenvalue weighted by Crippen LogP contribution is -2.34. The molecule has 4 aromatic rings. The van der Waals surface area contributed by atoms with Crippen LogP contribution < -0.4 is 10.6 Å². The topological polar surface area (TPSA) is 108 Å². The van der Waals surface area contributed by atoms with Gasteiger partial charge in [-0.05, 0) is 54.3 Å². The molecule has 4 N–H and O–H groups in total. The highest BCUT2D eigenvalue weighted by Gasteiger charge is 2.32. The first kappa shape index (κ1) is 22.4. The molecule has 1 aliphatic heterocycles. The Bertz CT molecular complexity index is 1430. The zero-order valence-electron chi connectivity index (χ0n) is 18.9. The number of phenolic OH excluding ortho intramolecular Hbond substituents is 1. The summed E-state index contributed by atoms with van der Waals surface area (Å²) in [5.41, 5.74) is 6.85.